The number of primary amides is 1. The van der Waals surface area contributed by atoms with Gasteiger partial charge in [0.25, 0.3) is 0 Å². The molecule has 0 unspecified atom stereocenters. The van der Waals surface area contributed by atoms with Crippen molar-refractivity contribution >= 4 is 16.9 Å². The number of imidazole rings is 1. The van der Waals surface area contributed by atoms with Crippen molar-refractivity contribution < 1.29 is 14.3 Å². The number of H-pyrrole nitrogens is 1. The predicted molar refractivity (Wildman–Crippen MR) is 82.0 cm³/mol. The van der Waals surface area contributed by atoms with Gasteiger partial charge < -0.3 is 20.2 Å². The summed E-state index contributed by atoms with van der Waals surface area (Å²) in [4.78, 5) is 20.9. The third-order valence-corrected chi connectivity index (χ3v) is 3.76. The Balaban J connectivity index is 1.60. The molecule has 1 amide bonds. The van der Waals surface area contributed by atoms with Crippen molar-refractivity contribution in [1.82, 2.24) is 14.9 Å². The van der Waals surface area contributed by atoms with Crippen LogP contribution in [0.1, 0.15) is 16.8 Å². The van der Waals surface area contributed by atoms with E-state index in [0.29, 0.717) is 23.4 Å². The summed E-state index contributed by atoms with van der Waals surface area (Å²) >= 11 is 0. The Morgan fingerprint density at radius 3 is 3.00 bits per heavy atom. The van der Waals surface area contributed by atoms with Gasteiger partial charge in [0, 0.05) is 25.2 Å². The Morgan fingerprint density at radius 2 is 2.23 bits per heavy atom. The lowest BCUT2D eigenvalue weighted by Gasteiger charge is -2.26. The molecule has 3 N–H and O–H groups in total. The Hall–Kier alpha value is -2.12. The summed E-state index contributed by atoms with van der Waals surface area (Å²) in [5, 5.41) is 0. The first-order valence-corrected chi connectivity index (χ1v) is 7.44. The normalized spacial score (nSPS) is 16.0. The predicted octanol–water partition coefficient (Wildman–Crippen LogP) is 0.763. The van der Waals surface area contributed by atoms with E-state index in [1.165, 1.54) is 0 Å². The first kappa shape index (κ1) is 14.8. The molecule has 1 saturated heterocycles. The van der Waals surface area contributed by atoms with E-state index in [2.05, 4.69) is 14.9 Å². The van der Waals surface area contributed by atoms with Crippen LogP contribution in [-0.4, -0.2) is 60.2 Å². The maximum atomic E-state index is 11.4. The first-order chi connectivity index (χ1) is 10.7. The topological polar surface area (TPSA) is 93.5 Å². The molecule has 1 aliphatic rings. The minimum absolute atomic E-state index is 0.405. The second-order valence-electron chi connectivity index (χ2n) is 5.29. The van der Waals surface area contributed by atoms with Gasteiger partial charge in [-0.15, -0.1) is 0 Å². The Morgan fingerprint density at radius 1 is 1.41 bits per heavy atom. The number of fused-ring (bicyclic) bond motifs is 1. The molecule has 0 radical (unpaired) electrons. The minimum atomic E-state index is -0.483. The largest absolute Gasteiger partial charge is 0.491 e. The number of hydrogen-bond acceptors (Lipinski definition) is 5. The summed E-state index contributed by atoms with van der Waals surface area (Å²) in [5.41, 5.74) is 7.22. The molecule has 1 aromatic heterocycles. The number of ether oxygens (including phenoxy) is 2. The van der Waals surface area contributed by atoms with Gasteiger partial charge in [-0.05, 0) is 18.6 Å². The first-order valence-electron chi connectivity index (χ1n) is 7.44. The number of aromatic amines is 1. The van der Waals surface area contributed by atoms with Crippen LogP contribution >= 0.6 is 0 Å². The number of carbonyl (C=O) groups is 1. The van der Waals surface area contributed by atoms with Gasteiger partial charge in [-0.1, -0.05) is 0 Å². The Labute approximate surface area is 128 Å². The minimum Gasteiger partial charge on any atom is -0.491 e. The molecule has 7 nitrogen and oxygen atoms in total. The summed E-state index contributed by atoms with van der Waals surface area (Å²) in [6, 6.07) is 3.33. The van der Waals surface area contributed by atoms with Crippen LogP contribution in [0.5, 0.6) is 5.75 Å². The van der Waals surface area contributed by atoms with E-state index in [-0.39, 0.29) is 0 Å². The highest BCUT2D eigenvalue weighted by Gasteiger charge is 2.12. The van der Waals surface area contributed by atoms with Crippen molar-refractivity contribution in [3.8, 4) is 5.75 Å². The molecule has 1 fully saturated rings. The van der Waals surface area contributed by atoms with E-state index in [0.717, 1.165) is 44.8 Å². The zero-order chi connectivity index (χ0) is 15.4. The maximum Gasteiger partial charge on any atom is 0.248 e. The standard InChI is InChI=1S/C15H20N4O3/c16-15(20)11-8-12-14(18-10-17-12)13(9-11)22-5-1-2-19-3-6-21-7-4-19/h8-10H,1-7H2,(H2,16,20)(H,17,18). The molecule has 118 valence electrons. The van der Waals surface area contributed by atoms with Crippen LogP contribution < -0.4 is 10.5 Å². The lowest BCUT2D eigenvalue weighted by Crippen LogP contribution is -2.37. The van der Waals surface area contributed by atoms with Crippen molar-refractivity contribution in [3.63, 3.8) is 0 Å². The number of nitrogens with zero attached hydrogens (tertiary/aromatic N) is 2. The van der Waals surface area contributed by atoms with Crippen molar-refractivity contribution in [2.45, 2.75) is 6.42 Å². The summed E-state index contributed by atoms with van der Waals surface area (Å²) in [6.07, 6.45) is 2.49. The van der Waals surface area contributed by atoms with Crippen LogP contribution in [0.2, 0.25) is 0 Å². The molecular formula is C15H20N4O3. The third kappa shape index (κ3) is 3.37. The molecule has 1 aromatic carbocycles. The second-order valence-corrected chi connectivity index (χ2v) is 5.29. The van der Waals surface area contributed by atoms with Crippen LogP contribution in [0.25, 0.3) is 11.0 Å². The van der Waals surface area contributed by atoms with Crippen LogP contribution in [0.3, 0.4) is 0 Å². The molecule has 1 aliphatic heterocycles. The van der Waals surface area contributed by atoms with E-state index >= 15 is 0 Å². The van der Waals surface area contributed by atoms with Gasteiger partial charge in [0.05, 0.1) is 31.7 Å². The average molecular weight is 304 g/mol. The molecule has 0 aliphatic carbocycles. The molecule has 2 heterocycles. The van der Waals surface area contributed by atoms with E-state index in [9.17, 15) is 4.79 Å². The molecule has 0 atom stereocenters. The number of nitrogens with two attached hydrogens (primary N) is 1. The fourth-order valence-corrected chi connectivity index (χ4v) is 2.57. The molecular weight excluding hydrogens is 284 g/mol. The zero-order valence-electron chi connectivity index (χ0n) is 12.4. The molecule has 22 heavy (non-hydrogen) atoms. The number of morpholine rings is 1. The van der Waals surface area contributed by atoms with E-state index in [4.69, 9.17) is 15.2 Å². The number of carbonyl (C=O) groups excluding carboxylic acids is 1. The van der Waals surface area contributed by atoms with E-state index < -0.39 is 5.91 Å². The fourth-order valence-electron chi connectivity index (χ4n) is 2.57. The van der Waals surface area contributed by atoms with Crippen molar-refractivity contribution in [2.75, 3.05) is 39.5 Å². The highest BCUT2D eigenvalue weighted by atomic mass is 16.5. The van der Waals surface area contributed by atoms with E-state index in [1.807, 2.05) is 0 Å². The molecule has 0 saturated carbocycles. The molecule has 0 bridgehead atoms. The summed E-state index contributed by atoms with van der Waals surface area (Å²) < 4.78 is 11.1. The average Bonchev–Trinajstić information content (AvgIpc) is 3.01. The van der Waals surface area contributed by atoms with Gasteiger partial charge in [0.2, 0.25) is 5.91 Å². The summed E-state index contributed by atoms with van der Waals surface area (Å²) in [5.74, 6) is 0.133. The van der Waals surface area contributed by atoms with Gasteiger partial charge >= 0.3 is 0 Å². The van der Waals surface area contributed by atoms with E-state index in [1.54, 1.807) is 18.5 Å². The summed E-state index contributed by atoms with van der Waals surface area (Å²) in [6.45, 7) is 5.11. The smallest absolute Gasteiger partial charge is 0.248 e. The van der Waals surface area contributed by atoms with Crippen LogP contribution in [-0.2, 0) is 4.74 Å². The molecule has 2 aromatic rings. The highest BCUT2D eigenvalue weighted by molar-refractivity contribution is 5.98. The Bertz CT molecular complexity index is 649. The summed E-state index contributed by atoms with van der Waals surface area (Å²) in [7, 11) is 0. The molecule has 3 rings (SSSR count). The lowest BCUT2D eigenvalue weighted by atomic mass is 10.1. The number of rotatable bonds is 6. The van der Waals surface area contributed by atoms with Crippen LogP contribution in [0.15, 0.2) is 18.5 Å². The maximum absolute atomic E-state index is 11.4. The second kappa shape index (κ2) is 6.76. The molecule has 0 spiro atoms. The zero-order valence-corrected chi connectivity index (χ0v) is 12.4. The van der Waals surface area contributed by atoms with Gasteiger partial charge in [-0.3, -0.25) is 9.69 Å². The SMILES string of the molecule is NC(=O)c1cc(OCCCN2CCOCC2)c2[nH]cnc2c1. The van der Waals surface area contributed by atoms with Crippen LogP contribution in [0.4, 0.5) is 0 Å². The van der Waals surface area contributed by atoms with Gasteiger partial charge in [0.15, 0.2) is 0 Å². The molecule has 7 heteroatoms. The third-order valence-electron chi connectivity index (χ3n) is 3.76. The number of amides is 1. The Kier molecular flexibility index (Phi) is 4.55. The van der Waals surface area contributed by atoms with Gasteiger partial charge in [-0.25, -0.2) is 4.98 Å². The van der Waals surface area contributed by atoms with Crippen LogP contribution in [0, 0.1) is 0 Å². The number of benzene rings is 1. The quantitative estimate of drug-likeness (QED) is 0.769. The fraction of sp³-hybridized carbons (Fsp3) is 0.467. The van der Waals surface area contributed by atoms with Crippen molar-refractivity contribution in [2.24, 2.45) is 5.73 Å². The van der Waals surface area contributed by atoms with Gasteiger partial charge in [0.1, 0.15) is 11.3 Å². The number of hydrogen-bond donors (Lipinski definition) is 2. The van der Waals surface area contributed by atoms with Gasteiger partial charge in [-0.2, -0.15) is 0 Å². The van der Waals surface area contributed by atoms with Crippen molar-refractivity contribution in [3.05, 3.63) is 24.0 Å². The lowest BCUT2D eigenvalue weighted by molar-refractivity contribution is 0.0358. The number of nitrogens with one attached hydrogen (secondary N) is 1. The monoisotopic (exact) mass is 304 g/mol. The highest BCUT2D eigenvalue weighted by Crippen LogP contribution is 2.25. The van der Waals surface area contributed by atoms with Crippen molar-refractivity contribution in [1.29, 1.82) is 0 Å². The number of aromatic nitrogens is 2.